The zero-order valence-electron chi connectivity index (χ0n) is 10.3. The molecule has 92 valence electrons. The van der Waals surface area contributed by atoms with Crippen LogP contribution in [0, 0.1) is 0 Å². The fourth-order valence-corrected chi connectivity index (χ4v) is 2.27. The Morgan fingerprint density at radius 2 is 1.63 bits per heavy atom. The second-order valence-corrected chi connectivity index (χ2v) is 4.24. The van der Waals surface area contributed by atoms with Gasteiger partial charge in [-0.15, -0.1) is 0 Å². The van der Waals surface area contributed by atoms with E-state index in [4.69, 9.17) is 4.42 Å². The van der Waals surface area contributed by atoms with Crippen LogP contribution in [-0.4, -0.2) is 0 Å². The van der Waals surface area contributed by atoms with Crippen molar-refractivity contribution in [3.63, 3.8) is 0 Å². The Kier molecular flexibility index (Phi) is 2.76. The van der Waals surface area contributed by atoms with E-state index >= 15 is 0 Å². The maximum absolute atomic E-state index is 12.0. The number of rotatable bonds is 2. The van der Waals surface area contributed by atoms with Crippen molar-refractivity contribution in [3.8, 4) is 11.1 Å². The van der Waals surface area contributed by atoms with E-state index in [1.807, 2.05) is 48.5 Å². The average Bonchev–Trinajstić information content (AvgIpc) is 2.46. The molecule has 0 N–H and O–H groups in total. The van der Waals surface area contributed by atoms with Gasteiger partial charge in [-0.05, 0) is 11.6 Å². The van der Waals surface area contributed by atoms with Gasteiger partial charge in [0.1, 0.15) is 5.58 Å². The molecule has 0 aliphatic rings. The van der Waals surface area contributed by atoms with Gasteiger partial charge in [-0.2, -0.15) is 0 Å². The second kappa shape index (κ2) is 4.58. The highest BCUT2D eigenvalue weighted by molar-refractivity contribution is 5.97. The molecule has 0 fully saturated rings. The molecule has 19 heavy (non-hydrogen) atoms. The summed E-state index contributed by atoms with van der Waals surface area (Å²) in [6.07, 6.45) is 1.56. The predicted octanol–water partition coefficient (Wildman–Crippen LogP) is 4.10. The van der Waals surface area contributed by atoms with E-state index in [-0.39, 0.29) is 5.63 Å². The summed E-state index contributed by atoms with van der Waals surface area (Å²) in [5.41, 5.74) is 2.61. The van der Waals surface area contributed by atoms with Crippen molar-refractivity contribution in [1.29, 1.82) is 0 Å². The molecule has 0 aliphatic carbocycles. The molecule has 0 aliphatic heterocycles. The summed E-state index contributed by atoms with van der Waals surface area (Å²) < 4.78 is 5.32. The third-order valence-electron chi connectivity index (χ3n) is 3.11. The molecule has 1 aromatic heterocycles. The molecule has 0 amide bonds. The van der Waals surface area contributed by atoms with Crippen LogP contribution in [0.3, 0.4) is 0 Å². The molecule has 2 nitrogen and oxygen atoms in total. The number of hydrogen-bond acceptors (Lipinski definition) is 2. The zero-order valence-corrected chi connectivity index (χ0v) is 10.3. The maximum atomic E-state index is 12.0. The van der Waals surface area contributed by atoms with Gasteiger partial charge in [0.15, 0.2) is 0 Å². The molecule has 0 spiro atoms. The molecule has 0 atom stereocenters. The van der Waals surface area contributed by atoms with Gasteiger partial charge in [0.25, 0.3) is 0 Å². The molecule has 1 heterocycles. The average molecular weight is 248 g/mol. The Morgan fingerprint density at radius 3 is 2.37 bits per heavy atom. The minimum atomic E-state index is -0.354. The van der Waals surface area contributed by atoms with Crippen LogP contribution in [-0.2, 0) is 0 Å². The summed E-state index contributed by atoms with van der Waals surface area (Å²) in [4.78, 5) is 12.0. The molecule has 0 saturated carbocycles. The van der Waals surface area contributed by atoms with Crippen LogP contribution in [0.2, 0.25) is 0 Å². The van der Waals surface area contributed by atoms with Crippen molar-refractivity contribution in [3.05, 3.63) is 77.2 Å². The van der Waals surface area contributed by atoms with Crippen LogP contribution in [0.1, 0.15) is 5.56 Å². The fourth-order valence-electron chi connectivity index (χ4n) is 2.27. The van der Waals surface area contributed by atoms with Gasteiger partial charge in [0.2, 0.25) is 0 Å². The molecule has 0 unspecified atom stereocenters. The first-order valence-electron chi connectivity index (χ1n) is 6.05. The Labute approximate surface area is 110 Å². The first-order valence-corrected chi connectivity index (χ1v) is 6.05. The van der Waals surface area contributed by atoms with Crippen molar-refractivity contribution in [2.75, 3.05) is 0 Å². The Hall–Kier alpha value is -2.61. The first-order chi connectivity index (χ1) is 9.31. The third-order valence-corrected chi connectivity index (χ3v) is 3.11. The van der Waals surface area contributed by atoms with Gasteiger partial charge in [-0.3, -0.25) is 0 Å². The second-order valence-electron chi connectivity index (χ2n) is 4.24. The largest absolute Gasteiger partial charge is 0.422 e. The predicted molar refractivity (Wildman–Crippen MR) is 78.0 cm³/mol. The summed E-state index contributed by atoms with van der Waals surface area (Å²) in [5, 5.41) is 0.920. The lowest BCUT2D eigenvalue weighted by atomic mass is 9.97. The zero-order chi connectivity index (χ0) is 13.2. The minimum absolute atomic E-state index is 0.354. The van der Waals surface area contributed by atoms with Gasteiger partial charge >= 0.3 is 5.63 Å². The van der Waals surface area contributed by atoms with Crippen LogP contribution in [0.5, 0.6) is 0 Å². The molecule has 3 rings (SSSR count). The maximum Gasteiger partial charge on any atom is 0.344 e. The molecule has 2 aromatic carbocycles. The SMILES string of the molecule is C=Cc1c(-c2ccccc2)c2ccccc2oc1=O. The Balaban J connectivity index is 2.50. The van der Waals surface area contributed by atoms with E-state index in [0.717, 1.165) is 16.5 Å². The quantitative estimate of drug-likeness (QED) is 0.639. The van der Waals surface area contributed by atoms with Crippen LogP contribution in [0.25, 0.3) is 28.2 Å². The molecule has 3 aromatic rings. The highest BCUT2D eigenvalue weighted by Gasteiger charge is 2.13. The molecular formula is C17H12O2. The van der Waals surface area contributed by atoms with Crippen LogP contribution in [0.4, 0.5) is 0 Å². The van der Waals surface area contributed by atoms with Gasteiger partial charge < -0.3 is 4.42 Å². The molecule has 0 saturated heterocycles. The Bertz CT molecular complexity index is 798. The molecular weight excluding hydrogens is 236 g/mol. The number of benzene rings is 2. The molecule has 2 heteroatoms. The van der Waals surface area contributed by atoms with Crippen LogP contribution < -0.4 is 5.63 Å². The van der Waals surface area contributed by atoms with E-state index in [9.17, 15) is 4.79 Å². The minimum Gasteiger partial charge on any atom is -0.422 e. The third kappa shape index (κ3) is 1.87. The highest BCUT2D eigenvalue weighted by atomic mass is 16.4. The lowest BCUT2D eigenvalue weighted by Crippen LogP contribution is -2.05. The van der Waals surface area contributed by atoms with E-state index in [1.54, 1.807) is 12.1 Å². The lowest BCUT2D eigenvalue weighted by Gasteiger charge is -2.09. The van der Waals surface area contributed by atoms with Crippen LogP contribution >= 0.6 is 0 Å². The summed E-state index contributed by atoms with van der Waals surface area (Å²) in [5.74, 6) is 0. The van der Waals surface area contributed by atoms with Crippen molar-refractivity contribution in [1.82, 2.24) is 0 Å². The Morgan fingerprint density at radius 1 is 0.947 bits per heavy atom. The normalized spacial score (nSPS) is 10.5. The fraction of sp³-hybridized carbons (Fsp3) is 0. The van der Waals surface area contributed by atoms with Crippen molar-refractivity contribution in [2.45, 2.75) is 0 Å². The van der Waals surface area contributed by atoms with Gasteiger partial charge in [0, 0.05) is 10.9 Å². The monoisotopic (exact) mass is 248 g/mol. The van der Waals surface area contributed by atoms with Gasteiger partial charge in [0.05, 0.1) is 5.56 Å². The lowest BCUT2D eigenvalue weighted by molar-refractivity contribution is 0.560. The summed E-state index contributed by atoms with van der Waals surface area (Å²) >= 11 is 0. The van der Waals surface area contributed by atoms with Crippen molar-refractivity contribution < 1.29 is 4.42 Å². The summed E-state index contributed by atoms with van der Waals surface area (Å²) in [6, 6.07) is 17.4. The summed E-state index contributed by atoms with van der Waals surface area (Å²) in [7, 11) is 0. The number of hydrogen-bond donors (Lipinski definition) is 0. The van der Waals surface area contributed by atoms with Gasteiger partial charge in [-0.1, -0.05) is 61.2 Å². The standard InChI is InChI=1S/C17H12O2/c1-2-13-16(12-8-4-3-5-9-12)14-10-6-7-11-15(14)19-17(13)18/h2-11H,1H2. The number of para-hydroxylation sites is 1. The van der Waals surface area contributed by atoms with Crippen LogP contribution in [0.15, 0.2) is 70.4 Å². The van der Waals surface area contributed by atoms with Gasteiger partial charge in [-0.25, -0.2) is 4.79 Å². The van der Waals surface area contributed by atoms with E-state index in [2.05, 4.69) is 6.58 Å². The molecule has 0 bridgehead atoms. The summed E-state index contributed by atoms with van der Waals surface area (Å²) in [6.45, 7) is 3.72. The first kappa shape index (κ1) is 11.5. The van der Waals surface area contributed by atoms with Crippen molar-refractivity contribution in [2.24, 2.45) is 0 Å². The van der Waals surface area contributed by atoms with E-state index in [1.165, 1.54) is 0 Å². The highest BCUT2D eigenvalue weighted by Crippen LogP contribution is 2.30. The van der Waals surface area contributed by atoms with Crippen molar-refractivity contribution >= 4 is 17.0 Å². The number of fused-ring (bicyclic) bond motifs is 1. The topological polar surface area (TPSA) is 30.2 Å². The smallest absolute Gasteiger partial charge is 0.344 e. The van der Waals surface area contributed by atoms with E-state index in [0.29, 0.717) is 11.1 Å². The molecule has 0 radical (unpaired) electrons. The van der Waals surface area contributed by atoms with E-state index < -0.39 is 0 Å².